The van der Waals surface area contributed by atoms with Crippen molar-refractivity contribution < 1.29 is 0 Å². The molecule has 2 aromatic heterocycles. The molecule has 0 aliphatic carbocycles. The van der Waals surface area contributed by atoms with E-state index in [0.29, 0.717) is 0 Å². The highest BCUT2D eigenvalue weighted by Gasteiger charge is 2.16. The van der Waals surface area contributed by atoms with E-state index in [4.69, 9.17) is 9.97 Å². The van der Waals surface area contributed by atoms with Crippen LogP contribution < -0.4 is 0 Å². The van der Waals surface area contributed by atoms with Gasteiger partial charge in [-0.15, -0.1) is 0 Å². The van der Waals surface area contributed by atoms with Crippen molar-refractivity contribution in [3.05, 3.63) is 188 Å². The number of para-hydroxylation sites is 2. The molecule has 11 rings (SSSR count). The van der Waals surface area contributed by atoms with Gasteiger partial charge in [0.25, 0.3) is 0 Å². The van der Waals surface area contributed by atoms with Gasteiger partial charge in [0.2, 0.25) is 0 Å². The van der Waals surface area contributed by atoms with Gasteiger partial charge in [0.05, 0.1) is 27.8 Å². The first-order valence-electron chi connectivity index (χ1n) is 18.1. The summed E-state index contributed by atoms with van der Waals surface area (Å²) in [4.78, 5) is 9.43. The summed E-state index contributed by atoms with van der Waals surface area (Å²) in [5.41, 5.74) is 12.7. The molecule has 0 unspecified atom stereocenters. The van der Waals surface area contributed by atoms with Crippen LogP contribution in [0.5, 0.6) is 0 Å². The molecule has 246 valence electrons. The number of hydrogen-bond donors (Lipinski definition) is 0. The fourth-order valence-corrected chi connectivity index (χ4v) is 8.44. The molecule has 0 aliphatic rings. The van der Waals surface area contributed by atoms with E-state index in [-0.39, 0.29) is 0 Å². The van der Waals surface area contributed by atoms with Gasteiger partial charge in [-0.3, -0.25) is 9.97 Å². The zero-order valence-electron chi connectivity index (χ0n) is 28.7. The first-order chi connectivity index (χ1) is 26.3. The summed E-state index contributed by atoms with van der Waals surface area (Å²) < 4.78 is 2.42. The van der Waals surface area contributed by atoms with Crippen LogP contribution in [0.2, 0.25) is 0 Å². The minimum atomic E-state index is 0.940. The molecule has 11 aromatic rings. The quantitative estimate of drug-likeness (QED) is 0.174. The Morgan fingerprint density at radius 2 is 0.811 bits per heavy atom. The first kappa shape index (κ1) is 29.6. The topological polar surface area (TPSA) is 30.7 Å². The number of nitrogens with zero attached hydrogens (tertiary/aromatic N) is 3. The first-order valence-corrected chi connectivity index (χ1v) is 18.1. The van der Waals surface area contributed by atoms with E-state index < -0.39 is 0 Å². The zero-order valence-corrected chi connectivity index (χ0v) is 28.7. The van der Waals surface area contributed by atoms with Crippen LogP contribution in [0.4, 0.5) is 0 Å². The highest BCUT2D eigenvalue weighted by atomic mass is 15.0. The molecular formula is C50H31N3. The maximum Gasteiger partial charge on any atom is 0.0971 e. The Morgan fingerprint density at radius 3 is 1.51 bits per heavy atom. The van der Waals surface area contributed by atoms with Gasteiger partial charge in [0, 0.05) is 39.3 Å². The predicted molar refractivity (Wildman–Crippen MR) is 223 cm³/mol. The highest BCUT2D eigenvalue weighted by molar-refractivity contribution is 6.23. The lowest BCUT2D eigenvalue weighted by Gasteiger charge is -2.15. The van der Waals surface area contributed by atoms with E-state index in [0.717, 1.165) is 21.8 Å². The molecule has 0 saturated heterocycles. The molecule has 0 bridgehead atoms. The standard InChI is InChI=1S/C50H31N3/c1-3-14-40-38(12-1)37(26-27-48(40)53-46-18-7-5-15-41(46)42-16-6-8-19-47(42)53)33-22-20-32(21-23-33)34-10-9-11-35(30-34)36-24-25-44-45(31-36)39-13-2-4-17-43(39)49-50(44)52-29-28-51-49/h1-31H. The summed E-state index contributed by atoms with van der Waals surface area (Å²) in [5.74, 6) is 0. The Balaban J connectivity index is 0.980. The van der Waals surface area contributed by atoms with Gasteiger partial charge in [-0.05, 0) is 79.9 Å². The van der Waals surface area contributed by atoms with Gasteiger partial charge >= 0.3 is 0 Å². The third kappa shape index (κ3) is 4.61. The van der Waals surface area contributed by atoms with Crippen molar-refractivity contribution >= 4 is 65.2 Å². The fraction of sp³-hybridized carbons (Fsp3) is 0. The van der Waals surface area contributed by atoms with Gasteiger partial charge in [0.15, 0.2) is 0 Å². The van der Waals surface area contributed by atoms with Gasteiger partial charge in [-0.1, -0.05) is 146 Å². The Labute approximate surface area is 306 Å². The van der Waals surface area contributed by atoms with Crippen molar-refractivity contribution in [3.8, 4) is 39.1 Å². The lowest BCUT2D eigenvalue weighted by molar-refractivity contribution is 1.20. The smallest absolute Gasteiger partial charge is 0.0971 e. The van der Waals surface area contributed by atoms with E-state index in [1.54, 1.807) is 12.4 Å². The average Bonchev–Trinajstić information content (AvgIpc) is 3.57. The van der Waals surface area contributed by atoms with Gasteiger partial charge in [0.1, 0.15) is 0 Å². The summed E-state index contributed by atoms with van der Waals surface area (Å²) in [6, 6.07) is 63.9. The molecule has 0 spiro atoms. The van der Waals surface area contributed by atoms with Gasteiger partial charge in [-0.2, -0.15) is 0 Å². The van der Waals surface area contributed by atoms with Crippen LogP contribution in [0, 0.1) is 0 Å². The summed E-state index contributed by atoms with van der Waals surface area (Å²) in [7, 11) is 0. The van der Waals surface area contributed by atoms with E-state index in [2.05, 4.69) is 180 Å². The molecular weight excluding hydrogens is 643 g/mol. The van der Waals surface area contributed by atoms with Crippen LogP contribution in [0.25, 0.3) is 104 Å². The molecule has 0 saturated carbocycles. The van der Waals surface area contributed by atoms with E-state index in [1.807, 2.05) is 0 Å². The third-order valence-corrected chi connectivity index (χ3v) is 10.9. The molecule has 0 fully saturated rings. The number of hydrogen-bond acceptors (Lipinski definition) is 2. The van der Waals surface area contributed by atoms with Crippen molar-refractivity contribution in [2.24, 2.45) is 0 Å². The van der Waals surface area contributed by atoms with Crippen LogP contribution in [0.15, 0.2) is 188 Å². The Bertz CT molecular complexity index is 3140. The van der Waals surface area contributed by atoms with Crippen molar-refractivity contribution in [1.29, 1.82) is 0 Å². The lowest BCUT2D eigenvalue weighted by atomic mass is 9.93. The van der Waals surface area contributed by atoms with Crippen LogP contribution >= 0.6 is 0 Å². The molecule has 0 radical (unpaired) electrons. The number of aromatic nitrogens is 3. The van der Waals surface area contributed by atoms with Crippen molar-refractivity contribution in [2.75, 3.05) is 0 Å². The molecule has 0 amide bonds. The van der Waals surface area contributed by atoms with E-state index in [1.165, 1.54) is 82.4 Å². The second-order valence-electron chi connectivity index (χ2n) is 13.8. The molecule has 53 heavy (non-hydrogen) atoms. The lowest BCUT2D eigenvalue weighted by Crippen LogP contribution is -1.96. The number of rotatable bonds is 4. The number of benzene rings is 9. The Kier molecular flexibility index (Phi) is 6.55. The second kappa shape index (κ2) is 11.7. The maximum atomic E-state index is 4.74. The molecule has 9 aromatic carbocycles. The minimum Gasteiger partial charge on any atom is -0.309 e. The monoisotopic (exact) mass is 673 g/mol. The van der Waals surface area contributed by atoms with E-state index in [9.17, 15) is 0 Å². The van der Waals surface area contributed by atoms with Crippen LogP contribution in [-0.2, 0) is 0 Å². The summed E-state index contributed by atoms with van der Waals surface area (Å²) in [5, 5.41) is 9.65. The summed E-state index contributed by atoms with van der Waals surface area (Å²) in [6.07, 6.45) is 3.56. The SMILES string of the molecule is c1cc(-c2ccc(-c3ccc(-n4c5ccccc5c5ccccc54)c4ccccc34)cc2)cc(-c2ccc3c(c2)c2ccccc2c2nccnc32)c1. The Hall–Kier alpha value is -7.10. The molecule has 3 heteroatoms. The van der Waals surface area contributed by atoms with Crippen molar-refractivity contribution in [1.82, 2.24) is 14.5 Å². The van der Waals surface area contributed by atoms with Gasteiger partial charge in [-0.25, -0.2) is 0 Å². The van der Waals surface area contributed by atoms with Crippen molar-refractivity contribution in [2.45, 2.75) is 0 Å². The summed E-state index contributed by atoms with van der Waals surface area (Å²) >= 11 is 0. The van der Waals surface area contributed by atoms with Crippen molar-refractivity contribution in [3.63, 3.8) is 0 Å². The largest absolute Gasteiger partial charge is 0.309 e. The average molecular weight is 674 g/mol. The fourth-order valence-electron chi connectivity index (χ4n) is 8.44. The van der Waals surface area contributed by atoms with E-state index >= 15 is 0 Å². The maximum absolute atomic E-state index is 4.74. The normalized spacial score (nSPS) is 11.8. The van der Waals surface area contributed by atoms with Gasteiger partial charge < -0.3 is 4.57 Å². The molecule has 0 N–H and O–H groups in total. The second-order valence-corrected chi connectivity index (χ2v) is 13.8. The molecule has 0 atom stereocenters. The van der Waals surface area contributed by atoms with Crippen LogP contribution in [-0.4, -0.2) is 14.5 Å². The van der Waals surface area contributed by atoms with Crippen LogP contribution in [0.3, 0.4) is 0 Å². The molecule has 0 aliphatic heterocycles. The number of fused-ring (bicyclic) bond motifs is 10. The zero-order chi connectivity index (χ0) is 34.9. The predicted octanol–water partition coefficient (Wildman–Crippen LogP) is 13.2. The third-order valence-electron chi connectivity index (χ3n) is 10.9. The molecule has 2 heterocycles. The Morgan fingerprint density at radius 1 is 0.302 bits per heavy atom. The highest BCUT2D eigenvalue weighted by Crippen LogP contribution is 2.39. The summed E-state index contributed by atoms with van der Waals surface area (Å²) in [6.45, 7) is 0. The minimum absolute atomic E-state index is 0.940. The van der Waals surface area contributed by atoms with Crippen LogP contribution in [0.1, 0.15) is 0 Å². The molecule has 3 nitrogen and oxygen atoms in total.